The van der Waals surface area contributed by atoms with Crippen LogP contribution in [-0.2, 0) is 14.6 Å². The van der Waals surface area contributed by atoms with Crippen molar-refractivity contribution in [1.29, 1.82) is 0 Å². The third-order valence-corrected chi connectivity index (χ3v) is 4.50. The highest BCUT2D eigenvalue weighted by atomic mass is 32.2. The van der Waals surface area contributed by atoms with Crippen LogP contribution in [0.25, 0.3) is 0 Å². The Balaban J connectivity index is 1.64. The highest BCUT2D eigenvalue weighted by molar-refractivity contribution is 8.13. The molecule has 0 spiro atoms. The fourth-order valence-electron chi connectivity index (χ4n) is 2.46. The summed E-state index contributed by atoms with van der Waals surface area (Å²) in [4.78, 5) is 23.6. The molecule has 1 aromatic rings. The predicted octanol–water partition coefficient (Wildman–Crippen LogP) is 4.75. The maximum atomic E-state index is 12.0. The van der Waals surface area contributed by atoms with Crippen molar-refractivity contribution >= 4 is 16.9 Å². The third kappa shape index (κ3) is 6.20. The van der Waals surface area contributed by atoms with Gasteiger partial charge in [0.1, 0.15) is 6.10 Å². The van der Waals surface area contributed by atoms with Crippen LogP contribution in [0.4, 0.5) is 0 Å². The molecule has 0 aliphatic carbocycles. The van der Waals surface area contributed by atoms with Gasteiger partial charge in [-0.2, -0.15) is 0 Å². The summed E-state index contributed by atoms with van der Waals surface area (Å²) in [6.45, 7) is 2.21. The van der Waals surface area contributed by atoms with E-state index in [4.69, 9.17) is 9.78 Å². The summed E-state index contributed by atoms with van der Waals surface area (Å²) in [5.41, 5.74) is 0. The van der Waals surface area contributed by atoms with Gasteiger partial charge in [-0.15, -0.1) is 0 Å². The predicted molar refractivity (Wildman–Crippen MR) is 85.0 cm³/mol. The minimum atomic E-state index is -0.0788. The van der Waals surface area contributed by atoms with E-state index in [1.165, 1.54) is 37.4 Å². The zero-order valence-corrected chi connectivity index (χ0v) is 13.4. The lowest BCUT2D eigenvalue weighted by Gasteiger charge is -2.05. The van der Waals surface area contributed by atoms with Gasteiger partial charge in [0, 0.05) is 17.7 Å². The number of hydrogen-bond acceptors (Lipinski definition) is 4. The van der Waals surface area contributed by atoms with E-state index < -0.39 is 0 Å². The fourth-order valence-corrected chi connectivity index (χ4v) is 3.28. The van der Waals surface area contributed by atoms with E-state index in [1.807, 2.05) is 30.3 Å². The first kappa shape index (κ1) is 16.5. The second-order valence-electron chi connectivity index (χ2n) is 5.51. The molecule has 0 amide bonds. The second-order valence-corrected chi connectivity index (χ2v) is 6.64. The Morgan fingerprint density at radius 3 is 2.67 bits per heavy atom. The Morgan fingerprint density at radius 2 is 1.90 bits per heavy atom. The molecule has 0 bridgehead atoms. The van der Waals surface area contributed by atoms with Crippen LogP contribution in [0.3, 0.4) is 0 Å². The molecule has 0 radical (unpaired) electrons. The van der Waals surface area contributed by atoms with Gasteiger partial charge in [0.25, 0.3) is 0 Å². The quantitative estimate of drug-likeness (QED) is 0.394. The zero-order chi connectivity index (χ0) is 14.9. The Hall–Kier alpha value is -0.840. The lowest BCUT2D eigenvalue weighted by atomic mass is 10.0. The first-order valence-electron chi connectivity index (χ1n) is 7.85. The lowest BCUT2D eigenvalue weighted by Crippen LogP contribution is -2.11. The van der Waals surface area contributed by atoms with E-state index >= 15 is 0 Å². The van der Waals surface area contributed by atoms with E-state index in [-0.39, 0.29) is 17.3 Å². The van der Waals surface area contributed by atoms with Gasteiger partial charge in [0.05, 0.1) is 6.10 Å². The SMILES string of the molecule is CCCCCC[C@@H]1C[C@@H](CC(=O)Sc2ccccc2)OO1. The van der Waals surface area contributed by atoms with Crippen molar-refractivity contribution in [1.82, 2.24) is 0 Å². The van der Waals surface area contributed by atoms with Crippen LogP contribution < -0.4 is 0 Å². The topological polar surface area (TPSA) is 35.5 Å². The zero-order valence-electron chi connectivity index (χ0n) is 12.6. The average Bonchev–Trinajstić information content (AvgIpc) is 2.92. The lowest BCUT2D eigenvalue weighted by molar-refractivity contribution is -0.296. The first-order chi connectivity index (χ1) is 10.3. The molecular weight excluding hydrogens is 284 g/mol. The van der Waals surface area contributed by atoms with Crippen LogP contribution in [0, 0.1) is 0 Å². The van der Waals surface area contributed by atoms with Gasteiger partial charge in [-0.25, -0.2) is 9.78 Å². The van der Waals surface area contributed by atoms with Crippen LogP contribution in [0.2, 0.25) is 0 Å². The van der Waals surface area contributed by atoms with Crippen molar-refractivity contribution in [2.45, 2.75) is 69.0 Å². The molecular formula is C17H24O3S. The summed E-state index contributed by atoms with van der Waals surface area (Å²) in [5.74, 6) is 0. The fraction of sp³-hybridized carbons (Fsp3) is 0.588. The maximum absolute atomic E-state index is 12.0. The van der Waals surface area contributed by atoms with Crippen molar-refractivity contribution < 1.29 is 14.6 Å². The van der Waals surface area contributed by atoms with Gasteiger partial charge in [-0.3, -0.25) is 4.79 Å². The Labute approximate surface area is 131 Å². The highest BCUT2D eigenvalue weighted by Gasteiger charge is 2.29. The van der Waals surface area contributed by atoms with E-state index in [1.54, 1.807) is 0 Å². The number of carbonyl (C=O) groups excluding carboxylic acids is 1. The summed E-state index contributed by atoms with van der Waals surface area (Å²) in [7, 11) is 0. The van der Waals surface area contributed by atoms with E-state index in [0.29, 0.717) is 6.42 Å². The molecule has 21 heavy (non-hydrogen) atoms. The minimum Gasteiger partial charge on any atom is -0.287 e. The number of carbonyl (C=O) groups is 1. The third-order valence-electron chi connectivity index (χ3n) is 3.60. The van der Waals surface area contributed by atoms with Gasteiger partial charge < -0.3 is 0 Å². The standard InChI is InChI=1S/C17H24O3S/c1-2-3-4-6-9-14-12-15(20-19-14)13-17(18)21-16-10-7-5-8-11-16/h5,7-8,10-11,14-15H,2-4,6,9,12-13H2,1H3/t14-,15+/m1/s1. The molecule has 2 atom stereocenters. The second kappa shape index (κ2) is 9.23. The number of benzene rings is 1. The monoisotopic (exact) mass is 308 g/mol. The number of unbranched alkanes of at least 4 members (excludes halogenated alkanes) is 3. The summed E-state index contributed by atoms with van der Waals surface area (Å²) in [6, 6.07) is 9.73. The normalized spacial score (nSPS) is 21.6. The molecule has 0 unspecified atom stereocenters. The minimum absolute atomic E-state index is 0.0788. The van der Waals surface area contributed by atoms with Crippen molar-refractivity contribution in [2.24, 2.45) is 0 Å². The highest BCUT2D eigenvalue weighted by Crippen LogP contribution is 2.27. The smallest absolute Gasteiger partial charge is 0.196 e. The van der Waals surface area contributed by atoms with Crippen LogP contribution in [0.15, 0.2) is 35.2 Å². The van der Waals surface area contributed by atoms with E-state index in [9.17, 15) is 4.79 Å². The van der Waals surface area contributed by atoms with Crippen molar-refractivity contribution in [3.8, 4) is 0 Å². The largest absolute Gasteiger partial charge is 0.287 e. The van der Waals surface area contributed by atoms with Gasteiger partial charge in [0.15, 0.2) is 5.12 Å². The number of rotatable bonds is 8. The average molecular weight is 308 g/mol. The van der Waals surface area contributed by atoms with E-state index in [0.717, 1.165) is 17.7 Å². The van der Waals surface area contributed by atoms with Crippen LogP contribution >= 0.6 is 11.8 Å². The molecule has 0 saturated carbocycles. The van der Waals surface area contributed by atoms with Gasteiger partial charge in [-0.1, -0.05) is 62.6 Å². The Kier molecular flexibility index (Phi) is 7.27. The summed E-state index contributed by atoms with van der Waals surface area (Å²) in [6.07, 6.45) is 7.35. The molecule has 1 aromatic carbocycles. The van der Waals surface area contributed by atoms with Gasteiger partial charge >= 0.3 is 0 Å². The molecule has 0 N–H and O–H groups in total. The molecule has 1 aliphatic heterocycles. The van der Waals surface area contributed by atoms with Crippen molar-refractivity contribution in [3.63, 3.8) is 0 Å². The Bertz CT molecular complexity index is 421. The summed E-state index contributed by atoms with van der Waals surface area (Å²) in [5, 5.41) is 0.140. The number of hydrogen-bond donors (Lipinski definition) is 0. The molecule has 3 nitrogen and oxygen atoms in total. The van der Waals surface area contributed by atoms with Crippen LogP contribution in [-0.4, -0.2) is 17.3 Å². The molecule has 0 aromatic heterocycles. The molecule has 1 heterocycles. The first-order valence-corrected chi connectivity index (χ1v) is 8.67. The van der Waals surface area contributed by atoms with Crippen molar-refractivity contribution in [3.05, 3.63) is 30.3 Å². The van der Waals surface area contributed by atoms with E-state index in [2.05, 4.69) is 6.92 Å². The summed E-state index contributed by atoms with van der Waals surface area (Å²) >= 11 is 1.28. The van der Waals surface area contributed by atoms with Gasteiger partial charge in [0.2, 0.25) is 0 Å². The Morgan fingerprint density at radius 1 is 1.14 bits per heavy atom. The number of thioether (sulfide) groups is 1. The maximum Gasteiger partial charge on any atom is 0.196 e. The molecule has 1 saturated heterocycles. The molecule has 1 aliphatic rings. The van der Waals surface area contributed by atoms with Gasteiger partial charge in [-0.05, 0) is 18.6 Å². The molecule has 116 valence electrons. The van der Waals surface area contributed by atoms with Crippen molar-refractivity contribution in [2.75, 3.05) is 0 Å². The molecule has 1 fully saturated rings. The molecule has 4 heteroatoms. The van der Waals surface area contributed by atoms with Crippen LogP contribution in [0.1, 0.15) is 51.9 Å². The summed E-state index contributed by atoms with van der Waals surface area (Å²) < 4.78 is 0. The molecule has 2 rings (SSSR count). The van der Waals surface area contributed by atoms with Crippen LogP contribution in [0.5, 0.6) is 0 Å².